The molecule has 2 aromatic carbocycles. The normalized spacial score (nSPS) is 18.3. The topological polar surface area (TPSA) is 120 Å². The Morgan fingerprint density at radius 2 is 1.89 bits per heavy atom. The number of benzene rings is 2. The Morgan fingerprint density at radius 1 is 1.14 bits per heavy atom. The lowest BCUT2D eigenvalue weighted by Crippen LogP contribution is -2.52. The summed E-state index contributed by atoms with van der Waals surface area (Å²) in [5.74, 6) is -1.53. The molecule has 2 heterocycles. The molecular weight excluding hydrogens is 494 g/mol. The smallest absolute Gasteiger partial charge is 0.319 e. The molecular formula is C27H28ClN5O4. The molecule has 0 radical (unpaired) electrons. The standard InChI is InChI=1S/C27H28ClN5O4/c1-14-9-18(17(4)30-27(37)32-19-7-5-15(2)21(28)12-19)11-20(10-14)31-22-13-24(34)33(26(22)36)23-8-6-16(3)29-25(23)35/h5,7,9-13,17,23,31H,3,6,8H2,1-2,4H3,(H,29,35)(H2,30,32,37). The molecule has 2 aliphatic rings. The van der Waals surface area contributed by atoms with Gasteiger partial charge in [0, 0.05) is 28.2 Å². The van der Waals surface area contributed by atoms with Gasteiger partial charge in [0.05, 0.1) is 6.04 Å². The number of halogens is 1. The number of rotatable bonds is 6. The molecule has 192 valence electrons. The van der Waals surface area contributed by atoms with Crippen LogP contribution in [0.3, 0.4) is 0 Å². The van der Waals surface area contributed by atoms with E-state index in [1.807, 2.05) is 39.0 Å². The molecule has 0 saturated carbocycles. The third-order valence-corrected chi connectivity index (χ3v) is 6.65. The molecule has 9 nitrogen and oxygen atoms in total. The first-order chi connectivity index (χ1) is 17.5. The molecule has 0 bridgehead atoms. The van der Waals surface area contributed by atoms with Crippen LogP contribution in [0, 0.1) is 13.8 Å². The maximum absolute atomic E-state index is 13.0. The second-order valence-electron chi connectivity index (χ2n) is 9.26. The number of allylic oxidation sites excluding steroid dienone is 1. The highest BCUT2D eigenvalue weighted by molar-refractivity contribution is 6.31. The van der Waals surface area contributed by atoms with Gasteiger partial charge < -0.3 is 21.3 Å². The number of nitrogens with one attached hydrogen (secondary N) is 4. The largest absolute Gasteiger partial charge is 0.351 e. The minimum absolute atomic E-state index is 0.0772. The molecule has 5 amide bonds. The highest BCUT2D eigenvalue weighted by atomic mass is 35.5. The van der Waals surface area contributed by atoms with Gasteiger partial charge in [-0.25, -0.2) is 4.79 Å². The van der Waals surface area contributed by atoms with Gasteiger partial charge in [0.25, 0.3) is 11.8 Å². The fraction of sp³-hybridized carbons (Fsp3) is 0.259. The van der Waals surface area contributed by atoms with Gasteiger partial charge in [0.15, 0.2) is 0 Å². The van der Waals surface area contributed by atoms with Gasteiger partial charge in [-0.05, 0) is 74.6 Å². The number of carbonyl (C=O) groups is 4. The second-order valence-corrected chi connectivity index (χ2v) is 9.67. The molecule has 2 aliphatic heterocycles. The summed E-state index contributed by atoms with van der Waals surface area (Å²) in [4.78, 5) is 51.5. The van der Waals surface area contributed by atoms with Crippen LogP contribution in [0.15, 0.2) is 60.4 Å². The van der Waals surface area contributed by atoms with Gasteiger partial charge in [-0.3, -0.25) is 19.3 Å². The predicted octanol–water partition coefficient (Wildman–Crippen LogP) is 4.30. The average molecular weight is 522 g/mol. The van der Waals surface area contributed by atoms with Crippen LogP contribution in [0.25, 0.3) is 0 Å². The molecule has 0 aromatic heterocycles. The van der Waals surface area contributed by atoms with E-state index in [1.165, 1.54) is 6.08 Å². The van der Waals surface area contributed by atoms with E-state index in [0.29, 0.717) is 34.9 Å². The zero-order valence-electron chi connectivity index (χ0n) is 20.8. The maximum atomic E-state index is 13.0. The number of amides is 5. The number of aryl methyl sites for hydroxylation is 2. The lowest BCUT2D eigenvalue weighted by Gasteiger charge is -2.29. The molecule has 1 fully saturated rings. The van der Waals surface area contributed by atoms with Gasteiger partial charge in [-0.15, -0.1) is 0 Å². The fourth-order valence-corrected chi connectivity index (χ4v) is 4.47. The minimum atomic E-state index is -0.875. The van der Waals surface area contributed by atoms with E-state index >= 15 is 0 Å². The van der Waals surface area contributed by atoms with Crippen molar-refractivity contribution in [3.63, 3.8) is 0 Å². The average Bonchev–Trinajstić information content (AvgIpc) is 3.08. The zero-order chi connectivity index (χ0) is 26.9. The molecule has 0 aliphatic carbocycles. The first-order valence-electron chi connectivity index (χ1n) is 11.8. The Hall–Kier alpha value is -4.11. The van der Waals surface area contributed by atoms with Crippen molar-refractivity contribution in [1.29, 1.82) is 0 Å². The van der Waals surface area contributed by atoms with Crippen molar-refractivity contribution in [2.75, 3.05) is 10.6 Å². The number of nitrogens with zero attached hydrogens (tertiary/aromatic N) is 1. The van der Waals surface area contributed by atoms with E-state index in [2.05, 4.69) is 27.8 Å². The van der Waals surface area contributed by atoms with Gasteiger partial charge >= 0.3 is 6.03 Å². The van der Waals surface area contributed by atoms with E-state index in [0.717, 1.165) is 21.6 Å². The van der Waals surface area contributed by atoms with Crippen molar-refractivity contribution >= 4 is 46.7 Å². The van der Waals surface area contributed by atoms with Crippen LogP contribution >= 0.6 is 11.6 Å². The Bertz CT molecular complexity index is 1350. The Balaban J connectivity index is 1.43. The van der Waals surface area contributed by atoms with Crippen LogP contribution < -0.4 is 21.3 Å². The van der Waals surface area contributed by atoms with E-state index in [4.69, 9.17) is 11.6 Å². The number of hydrogen-bond donors (Lipinski definition) is 4. The summed E-state index contributed by atoms with van der Waals surface area (Å²) in [6, 6.07) is 9.16. The predicted molar refractivity (Wildman–Crippen MR) is 142 cm³/mol. The van der Waals surface area contributed by atoms with Crippen molar-refractivity contribution in [2.45, 2.75) is 45.7 Å². The van der Waals surface area contributed by atoms with E-state index in [1.54, 1.807) is 18.2 Å². The Kier molecular flexibility index (Phi) is 7.35. The van der Waals surface area contributed by atoms with Gasteiger partial charge in [0.2, 0.25) is 5.91 Å². The third-order valence-electron chi connectivity index (χ3n) is 6.24. The summed E-state index contributed by atoms with van der Waals surface area (Å²) in [6.07, 6.45) is 2.02. The molecule has 10 heteroatoms. The number of hydrogen-bond acceptors (Lipinski definition) is 5. The van der Waals surface area contributed by atoms with Crippen LogP contribution in [0.2, 0.25) is 5.02 Å². The molecule has 4 N–H and O–H groups in total. The maximum Gasteiger partial charge on any atom is 0.319 e. The molecule has 2 atom stereocenters. The summed E-state index contributed by atoms with van der Waals surface area (Å²) in [5.41, 5.74) is 4.38. The fourth-order valence-electron chi connectivity index (χ4n) is 4.29. The summed E-state index contributed by atoms with van der Waals surface area (Å²) >= 11 is 6.13. The Morgan fingerprint density at radius 3 is 2.59 bits per heavy atom. The van der Waals surface area contributed by atoms with Crippen molar-refractivity contribution in [3.8, 4) is 0 Å². The molecule has 2 aromatic rings. The van der Waals surface area contributed by atoms with Crippen LogP contribution in [0.5, 0.6) is 0 Å². The van der Waals surface area contributed by atoms with Crippen molar-refractivity contribution in [1.82, 2.24) is 15.5 Å². The van der Waals surface area contributed by atoms with Crippen molar-refractivity contribution in [3.05, 3.63) is 82.2 Å². The molecule has 4 rings (SSSR count). The van der Waals surface area contributed by atoms with Gasteiger partial charge in [0.1, 0.15) is 11.7 Å². The lowest BCUT2D eigenvalue weighted by atomic mass is 10.0. The Labute approximate surface area is 219 Å². The lowest BCUT2D eigenvalue weighted by molar-refractivity contribution is -0.146. The molecule has 0 spiro atoms. The van der Waals surface area contributed by atoms with Crippen LogP contribution in [-0.2, 0) is 14.4 Å². The summed E-state index contributed by atoms with van der Waals surface area (Å²) in [6.45, 7) is 9.33. The first kappa shape index (κ1) is 26.0. The van der Waals surface area contributed by atoms with Gasteiger partial charge in [-0.1, -0.05) is 30.3 Å². The highest BCUT2D eigenvalue weighted by Crippen LogP contribution is 2.27. The van der Waals surface area contributed by atoms with Gasteiger partial charge in [-0.2, -0.15) is 0 Å². The van der Waals surface area contributed by atoms with E-state index < -0.39 is 29.8 Å². The summed E-state index contributed by atoms with van der Waals surface area (Å²) < 4.78 is 0. The molecule has 37 heavy (non-hydrogen) atoms. The zero-order valence-corrected chi connectivity index (χ0v) is 21.5. The molecule has 2 unspecified atom stereocenters. The number of imide groups is 1. The number of urea groups is 1. The monoisotopic (exact) mass is 521 g/mol. The number of carbonyl (C=O) groups excluding carboxylic acids is 4. The number of anilines is 2. The van der Waals surface area contributed by atoms with E-state index in [9.17, 15) is 19.2 Å². The van der Waals surface area contributed by atoms with Crippen LogP contribution in [0.1, 0.15) is 42.5 Å². The van der Waals surface area contributed by atoms with Crippen LogP contribution in [0.4, 0.5) is 16.2 Å². The van der Waals surface area contributed by atoms with Crippen molar-refractivity contribution < 1.29 is 19.2 Å². The molecule has 1 saturated heterocycles. The SMILES string of the molecule is C=C1CCC(N2C(=O)C=C(Nc3cc(C)cc(C(C)NC(=O)Nc4ccc(C)c(Cl)c4)c3)C2=O)C(=O)N1. The quantitative estimate of drug-likeness (QED) is 0.423. The van der Waals surface area contributed by atoms with E-state index in [-0.39, 0.29) is 11.7 Å². The second kappa shape index (κ2) is 10.5. The summed E-state index contributed by atoms with van der Waals surface area (Å²) in [5, 5.41) is 11.8. The van der Waals surface area contributed by atoms with Crippen molar-refractivity contribution in [2.24, 2.45) is 0 Å². The highest BCUT2D eigenvalue weighted by Gasteiger charge is 2.41. The minimum Gasteiger partial charge on any atom is -0.351 e. The summed E-state index contributed by atoms with van der Waals surface area (Å²) in [7, 11) is 0. The van der Waals surface area contributed by atoms with Crippen LogP contribution in [-0.4, -0.2) is 34.7 Å². The third kappa shape index (κ3) is 5.83. The first-order valence-corrected chi connectivity index (χ1v) is 12.2. The number of piperidine rings is 1.